The first-order valence-corrected chi connectivity index (χ1v) is 6.81. The zero-order chi connectivity index (χ0) is 15.5. The molecule has 1 aliphatic rings. The van der Waals surface area contributed by atoms with Crippen LogP contribution in [0.25, 0.3) is 6.08 Å². The molecule has 0 bridgehead atoms. The van der Waals surface area contributed by atoms with Crippen LogP contribution >= 0.6 is 0 Å². The summed E-state index contributed by atoms with van der Waals surface area (Å²) < 4.78 is 10.5. The molecule has 0 atom stereocenters. The van der Waals surface area contributed by atoms with Crippen molar-refractivity contribution in [2.24, 2.45) is 0 Å². The molecule has 3 rings (SSSR count). The van der Waals surface area contributed by atoms with Gasteiger partial charge in [0.25, 0.3) is 5.91 Å². The number of benzene rings is 1. The van der Waals surface area contributed by atoms with Crippen molar-refractivity contribution in [1.82, 2.24) is 9.97 Å². The zero-order valence-electron chi connectivity index (χ0n) is 12.3. The Morgan fingerprint density at radius 2 is 1.86 bits per heavy atom. The monoisotopic (exact) mass is 297 g/mol. The minimum absolute atomic E-state index is 0.229. The molecule has 0 fully saturated rings. The Bertz CT molecular complexity index is 736. The van der Waals surface area contributed by atoms with Crippen LogP contribution in [0.2, 0.25) is 0 Å². The van der Waals surface area contributed by atoms with E-state index in [1.165, 1.54) is 6.08 Å². The van der Waals surface area contributed by atoms with Gasteiger partial charge in [0.05, 0.1) is 0 Å². The van der Waals surface area contributed by atoms with Crippen molar-refractivity contribution in [1.29, 1.82) is 0 Å². The smallest absolute Gasteiger partial charge is 0.250 e. The van der Waals surface area contributed by atoms with Crippen LogP contribution in [0.3, 0.4) is 0 Å². The van der Waals surface area contributed by atoms with Crippen molar-refractivity contribution in [3.63, 3.8) is 0 Å². The van der Waals surface area contributed by atoms with E-state index >= 15 is 0 Å². The third kappa shape index (κ3) is 3.22. The Kier molecular flexibility index (Phi) is 3.74. The second-order valence-electron chi connectivity index (χ2n) is 4.91. The van der Waals surface area contributed by atoms with Crippen molar-refractivity contribution < 1.29 is 14.3 Å². The second kappa shape index (κ2) is 5.85. The molecule has 0 saturated heterocycles. The molecule has 0 unspecified atom stereocenters. The molecule has 1 aromatic heterocycles. The number of hydrogen-bond donors (Lipinski definition) is 1. The number of ether oxygens (including phenoxy) is 2. The van der Waals surface area contributed by atoms with Gasteiger partial charge in [0, 0.05) is 17.5 Å². The Balaban J connectivity index is 1.68. The van der Waals surface area contributed by atoms with Crippen LogP contribution in [0.4, 0.5) is 5.95 Å². The van der Waals surface area contributed by atoms with Gasteiger partial charge >= 0.3 is 0 Å². The first kappa shape index (κ1) is 14.1. The van der Waals surface area contributed by atoms with Crippen LogP contribution in [0.5, 0.6) is 11.5 Å². The molecular weight excluding hydrogens is 282 g/mol. The lowest BCUT2D eigenvalue weighted by atomic mass is 10.2. The van der Waals surface area contributed by atoms with E-state index in [1.54, 1.807) is 6.08 Å². The molecule has 1 amide bonds. The third-order valence-electron chi connectivity index (χ3n) is 3.04. The Morgan fingerprint density at radius 3 is 2.64 bits per heavy atom. The molecule has 0 spiro atoms. The largest absolute Gasteiger partial charge is 0.454 e. The molecule has 1 N–H and O–H groups in total. The van der Waals surface area contributed by atoms with E-state index in [1.807, 2.05) is 38.1 Å². The minimum atomic E-state index is -0.289. The number of hydrogen-bond acceptors (Lipinski definition) is 5. The number of carbonyl (C=O) groups is 1. The number of anilines is 1. The first-order chi connectivity index (χ1) is 10.6. The molecule has 1 aliphatic heterocycles. The van der Waals surface area contributed by atoms with Crippen LogP contribution in [-0.4, -0.2) is 22.7 Å². The normalized spacial score (nSPS) is 12.6. The molecule has 22 heavy (non-hydrogen) atoms. The van der Waals surface area contributed by atoms with Gasteiger partial charge in [-0.25, -0.2) is 9.97 Å². The number of nitrogens with one attached hydrogen (secondary N) is 1. The minimum Gasteiger partial charge on any atom is -0.454 e. The molecule has 2 aromatic rings. The quantitative estimate of drug-likeness (QED) is 0.881. The summed E-state index contributed by atoms with van der Waals surface area (Å²) in [5.74, 6) is 1.41. The van der Waals surface area contributed by atoms with Gasteiger partial charge in [-0.05, 0) is 43.7 Å². The molecule has 0 saturated carbocycles. The topological polar surface area (TPSA) is 73.3 Å². The standard InChI is InChI=1S/C16H15N3O3/c1-10-7-11(2)18-16(17-10)19-15(20)6-4-12-3-5-13-14(8-12)22-9-21-13/h3-8H,9H2,1-2H3,(H,17,18,19,20)/b6-4+. The average Bonchev–Trinajstić information content (AvgIpc) is 2.91. The van der Waals surface area contributed by atoms with Gasteiger partial charge in [-0.2, -0.15) is 0 Å². The number of aryl methyl sites for hydroxylation is 2. The van der Waals surface area contributed by atoms with Gasteiger partial charge in [-0.15, -0.1) is 0 Å². The Labute approximate surface area is 127 Å². The van der Waals surface area contributed by atoms with Gasteiger partial charge in [0.1, 0.15) is 0 Å². The number of aromatic nitrogens is 2. The number of fused-ring (bicyclic) bond motifs is 1. The molecule has 0 radical (unpaired) electrons. The Hall–Kier alpha value is -2.89. The summed E-state index contributed by atoms with van der Waals surface area (Å²) in [5, 5.41) is 2.64. The summed E-state index contributed by atoms with van der Waals surface area (Å²) in [4.78, 5) is 20.2. The summed E-state index contributed by atoms with van der Waals surface area (Å²) in [6.07, 6.45) is 3.12. The fourth-order valence-corrected chi connectivity index (χ4v) is 2.12. The number of amides is 1. The summed E-state index contributed by atoms with van der Waals surface area (Å²) in [5.41, 5.74) is 2.46. The molecule has 2 heterocycles. The highest BCUT2D eigenvalue weighted by Gasteiger charge is 2.12. The molecule has 112 valence electrons. The Morgan fingerprint density at radius 1 is 1.14 bits per heavy atom. The van der Waals surface area contributed by atoms with Crippen molar-refractivity contribution in [3.05, 3.63) is 47.3 Å². The van der Waals surface area contributed by atoms with Crippen LogP contribution < -0.4 is 14.8 Å². The second-order valence-corrected chi connectivity index (χ2v) is 4.91. The van der Waals surface area contributed by atoms with Gasteiger partial charge in [0.2, 0.25) is 12.7 Å². The third-order valence-corrected chi connectivity index (χ3v) is 3.04. The van der Waals surface area contributed by atoms with Crippen LogP contribution in [0.15, 0.2) is 30.3 Å². The zero-order valence-corrected chi connectivity index (χ0v) is 12.3. The molecule has 1 aromatic carbocycles. The van der Waals surface area contributed by atoms with E-state index < -0.39 is 0 Å². The predicted octanol–water partition coefficient (Wildman–Crippen LogP) is 2.47. The van der Waals surface area contributed by atoms with Gasteiger partial charge in [-0.1, -0.05) is 6.07 Å². The maximum absolute atomic E-state index is 11.9. The van der Waals surface area contributed by atoms with E-state index in [0.29, 0.717) is 17.4 Å². The maximum Gasteiger partial charge on any atom is 0.250 e. The first-order valence-electron chi connectivity index (χ1n) is 6.81. The highest BCUT2D eigenvalue weighted by Crippen LogP contribution is 2.32. The van der Waals surface area contributed by atoms with E-state index in [9.17, 15) is 4.79 Å². The molecular formula is C16H15N3O3. The lowest BCUT2D eigenvalue weighted by molar-refractivity contribution is -0.111. The van der Waals surface area contributed by atoms with E-state index in [-0.39, 0.29) is 12.7 Å². The SMILES string of the molecule is Cc1cc(C)nc(NC(=O)/C=C/c2ccc3c(c2)OCO3)n1. The van der Waals surface area contributed by atoms with Crippen molar-refractivity contribution >= 4 is 17.9 Å². The molecule has 0 aliphatic carbocycles. The summed E-state index contributed by atoms with van der Waals surface area (Å²) in [7, 11) is 0. The summed E-state index contributed by atoms with van der Waals surface area (Å²) >= 11 is 0. The fourth-order valence-electron chi connectivity index (χ4n) is 2.12. The molecule has 6 heteroatoms. The van der Waals surface area contributed by atoms with Crippen LogP contribution in [0, 0.1) is 13.8 Å². The number of nitrogens with zero attached hydrogens (tertiary/aromatic N) is 2. The lowest BCUT2D eigenvalue weighted by Crippen LogP contribution is -2.11. The van der Waals surface area contributed by atoms with E-state index in [0.717, 1.165) is 17.0 Å². The highest BCUT2D eigenvalue weighted by molar-refractivity contribution is 6.00. The number of rotatable bonds is 3. The van der Waals surface area contributed by atoms with Gasteiger partial charge in [0.15, 0.2) is 11.5 Å². The summed E-state index contributed by atoms with van der Waals surface area (Å²) in [6.45, 7) is 3.94. The maximum atomic E-state index is 11.9. The van der Waals surface area contributed by atoms with Crippen LogP contribution in [0.1, 0.15) is 17.0 Å². The van der Waals surface area contributed by atoms with Gasteiger partial charge in [-0.3, -0.25) is 10.1 Å². The van der Waals surface area contributed by atoms with Crippen molar-refractivity contribution in [3.8, 4) is 11.5 Å². The van der Waals surface area contributed by atoms with E-state index in [2.05, 4.69) is 15.3 Å². The predicted molar refractivity (Wildman–Crippen MR) is 81.7 cm³/mol. The van der Waals surface area contributed by atoms with Gasteiger partial charge < -0.3 is 9.47 Å². The van der Waals surface area contributed by atoms with Crippen molar-refractivity contribution in [2.45, 2.75) is 13.8 Å². The fraction of sp³-hybridized carbons (Fsp3) is 0.188. The molecule has 6 nitrogen and oxygen atoms in total. The lowest BCUT2D eigenvalue weighted by Gasteiger charge is -2.03. The van der Waals surface area contributed by atoms with Crippen molar-refractivity contribution in [2.75, 3.05) is 12.1 Å². The summed E-state index contributed by atoms with van der Waals surface area (Å²) in [6, 6.07) is 7.33. The number of carbonyl (C=O) groups excluding carboxylic acids is 1. The van der Waals surface area contributed by atoms with E-state index in [4.69, 9.17) is 9.47 Å². The van der Waals surface area contributed by atoms with Crippen LogP contribution in [-0.2, 0) is 4.79 Å². The average molecular weight is 297 g/mol. The highest BCUT2D eigenvalue weighted by atomic mass is 16.7.